The number of terminal acetylenes is 1. The van der Waals surface area contributed by atoms with Crippen molar-refractivity contribution in [2.24, 2.45) is 0 Å². The Balaban J connectivity index is 2.77. The molecule has 0 bridgehead atoms. The molecule has 0 unspecified atom stereocenters. The number of ether oxygens (including phenoxy) is 2. The Bertz CT molecular complexity index is 363. The average molecular weight is 218 g/mol. The van der Waals surface area contributed by atoms with E-state index in [1.165, 1.54) is 0 Å². The summed E-state index contributed by atoms with van der Waals surface area (Å²) in [4.78, 5) is 0. The summed E-state index contributed by atoms with van der Waals surface area (Å²) in [7, 11) is 0. The Morgan fingerprint density at radius 1 is 1.12 bits per heavy atom. The molecule has 1 aromatic rings. The van der Waals surface area contributed by atoms with Gasteiger partial charge in [0.25, 0.3) is 0 Å². The molecule has 86 valence electrons. The van der Waals surface area contributed by atoms with Gasteiger partial charge in [0.1, 0.15) is 11.5 Å². The highest BCUT2D eigenvalue weighted by molar-refractivity contribution is 5.49. The fraction of sp³-hybridized carbons (Fsp3) is 0.429. The van der Waals surface area contributed by atoms with E-state index < -0.39 is 0 Å². The first-order valence-electron chi connectivity index (χ1n) is 5.68. The van der Waals surface area contributed by atoms with Crippen molar-refractivity contribution in [3.8, 4) is 23.8 Å². The first-order valence-corrected chi connectivity index (χ1v) is 5.68. The van der Waals surface area contributed by atoms with E-state index in [0.29, 0.717) is 13.2 Å². The van der Waals surface area contributed by atoms with E-state index in [4.69, 9.17) is 15.9 Å². The number of rotatable bonds is 6. The molecule has 0 fully saturated rings. The van der Waals surface area contributed by atoms with Gasteiger partial charge in [-0.2, -0.15) is 0 Å². The van der Waals surface area contributed by atoms with Gasteiger partial charge in [-0.3, -0.25) is 0 Å². The molecule has 16 heavy (non-hydrogen) atoms. The largest absolute Gasteiger partial charge is 0.494 e. The minimum absolute atomic E-state index is 0.684. The lowest BCUT2D eigenvalue weighted by atomic mass is 10.2. The van der Waals surface area contributed by atoms with Crippen LogP contribution in [0.4, 0.5) is 0 Å². The molecule has 2 heteroatoms. The first kappa shape index (κ1) is 12.4. The third kappa shape index (κ3) is 3.51. The topological polar surface area (TPSA) is 18.5 Å². The highest BCUT2D eigenvalue weighted by Crippen LogP contribution is 2.23. The van der Waals surface area contributed by atoms with Gasteiger partial charge in [-0.1, -0.05) is 19.8 Å². The van der Waals surface area contributed by atoms with Gasteiger partial charge in [0.2, 0.25) is 0 Å². The van der Waals surface area contributed by atoms with Crippen LogP contribution in [-0.4, -0.2) is 13.2 Å². The van der Waals surface area contributed by atoms with E-state index >= 15 is 0 Å². The molecule has 0 atom stereocenters. The molecule has 0 aromatic heterocycles. The second-order valence-electron chi connectivity index (χ2n) is 3.50. The summed E-state index contributed by atoms with van der Waals surface area (Å²) in [6, 6.07) is 5.61. The smallest absolute Gasteiger partial charge is 0.135 e. The van der Waals surface area contributed by atoms with Gasteiger partial charge >= 0.3 is 0 Å². The van der Waals surface area contributed by atoms with Crippen molar-refractivity contribution in [2.45, 2.75) is 26.7 Å². The van der Waals surface area contributed by atoms with Gasteiger partial charge in [0.15, 0.2) is 0 Å². The van der Waals surface area contributed by atoms with Crippen LogP contribution in [0.2, 0.25) is 0 Å². The molecule has 0 saturated heterocycles. The molecule has 0 heterocycles. The minimum Gasteiger partial charge on any atom is -0.494 e. The summed E-state index contributed by atoms with van der Waals surface area (Å²) < 4.78 is 11.0. The van der Waals surface area contributed by atoms with Crippen LogP contribution in [0.5, 0.6) is 11.5 Å². The fourth-order valence-corrected chi connectivity index (χ4v) is 1.27. The monoisotopic (exact) mass is 218 g/mol. The van der Waals surface area contributed by atoms with E-state index in [1.807, 2.05) is 18.2 Å². The summed E-state index contributed by atoms with van der Waals surface area (Å²) in [5.74, 6) is 4.18. The van der Waals surface area contributed by atoms with Crippen molar-refractivity contribution in [3.05, 3.63) is 23.8 Å². The predicted octanol–water partition coefficient (Wildman–Crippen LogP) is 3.25. The van der Waals surface area contributed by atoms with E-state index in [1.54, 1.807) is 0 Å². The van der Waals surface area contributed by atoms with Crippen molar-refractivity contribution in [2.75, 3.05) is 13.2 Å². The van der Waals surface area contributed by atoms with Crippen LogP contribution >= 0.6 is 0 Å². The van der Waals surface area contributed by atoms with Crippen LogP contribution in [0.3, 0.4) is 0 Å². The molecule has 0 spiro atoms. The SMILES string of the molecule is C#Cc1cc(OCCC)ccc1OCCC. The third-order valence-electron chi connectivity index (χ3n) is 2.04. The molecule has 0 amide bonds. The van der Waals surface area contributed by atoms with Crippen LogP contribution in [0.15, 0.2) is 18.2 Å². The van der Waals surface area contributed by atoms with Crippen LogP contribution < -0.4 is 9.47 Å². The fourth-order valence-electron chi connectivity index (χ4n) is 1.27. The first-order chi connectivity index (χ1) is 7.81. The second-order valence-corrected chi connectivity index (χ2v) is 3.50. The van der Waals surface area contributed by atoms with Crippen LogP contribution in [-0.2, 0) is 0 Å². The minimum atomic E-state index is 0.684. The van der Waals surface area contributed by atoms with Gasteiger partial charge in [-0.05, 0) is 31.0 Å². The third-order valence-corrected chi connectivity index (χ3v) is 2.04. The summed E-state index contributed by atoms with van der Waals surface area (Å²) >= 11 is 0. The summed E-state index contributed by atoms with van der Waals surface area (Å²) in [6.45, 7) is 5.53. The Labute approximate surface area is 97.6 Å². The van der Waals surface area contributed by atoms with E-state index in [2.05, 4.69) is 19.8 Å². The standard InChI is InChI=1S/C14H18O2/c1-4-9-15-13-7-8-14(16-10-5-2)12(6-3)11-13/h3,7-8,11H,4-5,9-10H2,1-2H3. The van der Waals surface area contributed by atoms with E-state index in [9.17, 15) is 0 Å². The van der Waals surface area contributed by atoms with Crippen LogP contribution in [0, 0.1) is 12.3 Å². The second kappa shape index (κ2) is 6.79. The molecular formula is C14H18O2. The molecule has 1 aromatic carbocycles. The maximum Gasteiger partial charge on any atom is 0.135 e. The summed E-state index contributed by atoms with van der Waals surface area (Å²) in [5.41, 5.74) is 0.752. The van der Waals surface area contributed by atoms with Gasteiger partial charge < -0.3 is 9.47 Å². The highest BCUT2D eigenvalue weighted by Gasteiger charge is 2.03. The van der Waals surface area contributed by atoms with Crippen molar-refractivity contribution in [1.29, 1.82) is 0 Å². The maximum absolute atomic E-state index is 5.54. The van der Waals surface area contributed by atoms with Gasteiger partial charge in [0, 0.05) is 0 Å². The lowest BCUT2D eigenvalue weighted by Crippen LogP contribution is -1.99. The van der Waals surface area contributed by atoms with E-state index in [-0.39, 0.29) is 0 Å². The molecule has 2 nitrogen and oxygen atoms in total. The number of benzene rings is 1. The molecule has 0 saturated carbocycles. The Kier molecular flexibility index (Phi) is 5.28. The molecular weight excluding hydrogens is 200 g/mol. The van der Waals surface area contributed by atoms with Gasteiger partial charge in [0.05, 0.1) is 18.8 Å². The zero-order valence-electron chi connectivity index (χ0n) is 9.95. The Hall–Kier alpha value is -1.62. The molecule has 0 aliphatic heterocycles. The predicted molar refractivity (Wildman–Crippen MR) is 65.9 cm³/mol. The van der Waals surface area contributed by atoms with Crippen molar-refractivity contribution in [1.82, 2.24) is 0 Å². The molecule has 0 aliphatic carbocycles. The zero-order chi connectivity index (χ0) is 11.8. The lowest BCUT2D eigenvalue weighted by Gasteiger charge is -2.09. The quantitative estimate of drug-likeness (QED) is 0.682. The molecule has 0 radical (unpaired) electrons. The van der Waals surface area contributed by atoms with Gasteiger partial charge in [-0.15, -0.1) is 6.42 Å². The summed E-state index contributed by atoms with van der Waals surface area (Å²) in [5, 5.41) is 0. The summed E-state index contributed by atoms with van der Waals surface area (Å²) in [6.07, 6.45) is 7.39. The molecule has 0 aliphatic rings. The number of hydrogen-bond acceptors (Lipinski definition) is 2. The maximum atomic E-state index is 5.54. The Morgan fingerprint density at radius 2 is 1.81 bits per heavy atom. The average Bonchev–Trinajstić information content (AvgIpc) is 2.34. The normalized spacial score (nSPS) is 9.56. The van der Waals surface area contributed by atoms with Crippen molar-refractivity contribution < 1.29 is 9.47 Å². The lowest BCUT2D eigenvalue weighted by molar-refractivity contribution is 0.308. The van der Waals surface area contributed by atoms with Crippen molar-refractivity contribution >= 4 is 0 Å². The van der Waals surface area contributed by atoms with Crippen molar-refractivity contribution in [3.63, 3.8) is 0 Å². The van der Waals surface area contributed by atoms with Gasteiger partial charge in [-0.25, -0.2) is 0 Å². The number of hydrogen-bond donors (Lipinski definition) is 0. The highest BCUT2D eigenvalue weighted by atomic mass is 16.5. The Morgan fingerprint density at radius 3 is 2.44 bits per heavy atom. The van der Waals surface area contributed by atoms with Crippen LogP contribution in [0.25, 0.3) is 0 Å². The zero-order valence-corrected chi connectivity index (χ0v) is 9.95. The molecule has 0 N–H and O–H groups in total. The molecule has 1 rings (SSSR count). The van der Waals surface area contributed by atoms with E-state index in [0.717, 1.165) is 29.9 Å². The van der Waals surface area contributed by atoms with Crippen LogP contribution in [0.1, 0.15) is 32.3 Å².